The maximum Gasteiger partial charge on any atom is 0.122 e. The number of nitrogens with one attached hydrogen (secondary N) is 1. The first-order valence-corrected chi connectivity index (χ1v) is 7.53. The van der Waals surface area contributed by atoms with Crippen LogP contribution in [0.15, 0.2) is 30.5 Å². The van der Waals surface area contributed by atoms with Gasteiger partial charge in [0.1, 0.15) is 5.75 Å². The summed E-state index contributed by atoms with van der Waals surface area (Å²) in [5, 5.41) is 11.8. The Bertz CT molecular complexity index is 553. The molecule has 114 valence electrons. The molecule has 0 saturated heterocycles. The van der Waals surface area contributed by atoms with Crippen LogP contribution in [0.3, 0.4) is 0 Å². The lowest BCUT2D eigenvalue weighted by Gasteiger charge is -2.20. The van der Waals surface area contributed by atoms with Crippen molar-refractivity contribution in [2.45, 2.75) is 39.3 Å². The fourth-order valence-electron chi connectivity index (χ4n) is 2.54. The highest BCUT2D eigenvalue weighted by Gasteiger charge is 2.18. The Kier molecular flexibility index (Phi) is 5.75. The van der Waals surface area contributed by atoms with Gasteiger partial charge in [-0.3, -0.25) is 0 Å². The Hall–Kier alpha value is -1.88. The number of para-hydroxylation sites is 1. The van der Waals surface area contributed by atoms with E-state index in [1.54, 1.807) is 7.11 Å². The predicted octanol–water partition coefficient (Wildman–Crippen LogP) is 2.59. The van der Waals surface area contributed by atoms with Gasteiger partial charge in [-0.05, 0) is 31.0 Å². The smallest absolute Gasteiger partial charge is 0.122 e. The van der Waals surface area contributed by atoms with E-state index in [9.17, 15) is 0 Å². The van der Waals surface area contributed by atoms with Gasteiger partial charge in [0.25, 0.3) is 0 Å². The number of hydrogen-bond acceptors (Lipinski definition) is 4. The highest BCUT2D eigenvalue weighted by atomic mass is 16.5. The Labute approximate surface area is 126 Å². The van der Waals surface area contributed by atoms with Crippen molar-refractivity contribution in [1.29, 1.82) is 0 Å². The van der Waals surface area contributed by atoms with E-state index >= 15 is 0 Å². The van der Waals surface area contributed by atoms with E-state index in [0.717, 1.165) is 37.4 Å². The van der Waals surface area contributed by atoms with Crippen molar-refractivity contribution in [3.8, 4) is 5.75 Å². The van der Waals surface area contributed by atoms with Crippen LogP contribution in [0.5, 0.6) is 5.75 Å². The topological polar surface area (TPSA) is 52.0 Å². The fourth-order valence-corrected chi connectivity index (χ4v) is 2.54. The normalized spacial score (nSPS) is 12.3. The summed E-state index contributed by atoms with van der Waals surface area (Å²) in [5.74, 6) is 0.926. The van der Waals surface area contributed by atoms with Crippen LogP contribution >= 0.6 is 0 Å². The third kappa shape index (κ3) is 3.82. The van der Waals surface area contributed by atoms with E-state index in [0.29, 0.717) is 0 Å². The molecular formula is C16H24N4O. The number of benzene rings is 1. The van der Waals surface area contributed by atoms with Crippen LogP contribution < -0.4 is 10.1 Å². The van der Waals surface area contributed by atoms with Gasteiger partial charge in [-0.1, -0.05) is 37.3 Å². The Morgan fingerprint density at radius 3 is 2.81 bits per heavy atom. The molecule has 0 aliphatic heterocycles. The van der Waals surface area contributed by atoms with E-state index in [-0.39, 0.29) is 6.04 Å². The quantitative estimate of drug-likeness (QED) is 0.811. The molecule has 1 aromatic carbocycles. The van der Waals surface area contributed by atoms with Crippen molar-refractivity contribution in [3.63, 3.8) is 0 Å². The SMILES string of the molecule is CCCn1nncc1C(Cc1ccccc1OC)NCC. The molecule has 0 aliphatic rings. The largest absolute Gasteiger partial charge is 0.496 e. The second-order valence-electron chi connectivity index (χ2n) is 5.01. The third-order valence-corrected chi connectivity index (χ3v) is 3.51. The molecule has 1 atom stereocenters. The number of methoxy groups -OCH3 is 1. The van der Waals surface area contributed by atoms with Gasteiger partial charge in [-0.2, -0.15) is 0 Å². The molecule has 0 saturated carbocycles. The molecule has 1 aromatic heterocycles. The molecule has 21 heavy (non-hydrogen) atoms. The van der Waals surface area contributed by atoms with Gasteiger partial charge in [0, 0.05) is 6.54 Å². The van der Waals surface area contributed by atoms with Gasteiger partial charge in [0.15, 0.2) is 0 Å². The second kappa shape index (κ2) is 7.78. The molecule has 5 nitrogen and oxygen atoms in total. The van der Waals surface area contributed by atoms with Gasteiger partial charge in [-0.15, -0.1) is 5.10 Å². The van der Waals surface area contributed by atoms with Crippen LogP contribution in [0.1, 0.15) is 37.6 Å². The maximum absolute atomic E-state index is 5.45. The van der Waals surface area contributed by atoms with E-state index in [4.69, 9.17) is 4.74 Å². The van der Waals surface area contributed by atoms with Gasteiger partial charge in [0.05, 0.1) is 25.0 Å². The molecular weight excluding hydrogens is 264 g/mol. The molecule has 1 N–H and O–H groups in total. The van der Waals surface area contributed by atoms with Gasteiger partial charge >= 0.3 is 0 Å². The molecule has 2 aromatic rings. The van der Waals surface area contributed by atoms with Crippen LogP contribution in [0.4, 0.5) is 0 Å². The minimum absolute atomic E-state index is 0.188. The lowest BCUT2D eigenvalue weighted by atomic mass is 10.0. The zero-order valence-corrected chi connectivity index (χ0v) is 13.0. The highest BCUT2D eigenvalue weighted by molar-refractivity contribution is 5.34. The number of nitrogens with zero attached hydrogens (tertiary/aromatic N) is 3. The summed E-state index contributed by atoms with van der Waals surface area (Å²) in [6, 6.07) is 8.33. The summed E-state index contributed by atoms with van der Waals surface area (Å²) >= 11 is 0. The molecule has 0 bridgehead atoms. The first-order chi connectivity index (χ1) is 10.3. The van der Waals surface area contributed by atoms with Crippen LogP contribution in [-0.4, -0.2) is 28.6 Å². The van der Waals surface area contributed by atoms with Gasteiger partial charge in [-0.25, -0.2) is 4.68 Å². The standard InChI is InChI=1S/C16H24N4O/c1-4-10-20-15(12-18-19-20)14(17-5-2)11-13-8-6-7-9-16(13)21-3/h6-9,12,14,17H,4-5,10-11H2,1-3H3. The highest BCUT2D eigenvalue weighted by Crippen LogP contribution is 2.24. The van der Waals surface area contributed by atoms with E-state index in [1.807, 2.05) is 29.1 Å². The van der Waals surface area contributed by atoms with Crippen LogP contribution in [-0.2, 0) is 13.0 Å². The number of aromatic nitrogens is 3. The summed E-state index contributed by atoms with van der Waals surface area (Å²) in [6.45, 7) is 6.05. The van der Waals surface area contributed by atoms with E-state index in [2.05, 4.69) is 35.5 Å². The van der Waals surface area contributed by atoms with E-state index < -0.39 is 0 Å². The minimum Gasteiger partial charge on any atom is -0.496 e. The summed E-state index contributed by atoms with van der Waals surface area (Å²) in [5.41, 5.74) is 2.32. The average molecular weight is 288 g/mol. The monoisotopic (exact) mass is 288 g/mol. The summed E-state index contributed by atoms with van der Waals surface area (Å²) < 4.78 is 7.44. The van der Waals surface area contributed by atoms with Crippen LogP contribution in [0, 0.1) is 0 Å². The Morgan fingerprint density at radius 2 is 2.10 bits per heavy atom. The van der Waals surface area contributed by atoms with Crippen molar-refractivity contribution >= 4 is 0 Å². The number of rotatable bonds is 8. The second-order valence-corrected chi connectivity index (χ2v) is 5.01. The Morgan fingerprint density at radius 1 is 1.29 bits per heavy atom. The zero-order valence-electron chi connectivity index (χ0n) is 13.0. The summed E-state index contributed by atoms with van der Waals surface area (Å²) in [4.78, 5) is 0. The minimum atomic E-state index is 0.188. The molecule has 1 unspecified atom stereocenters. The number of ether oxygens (including phenoxy) is 1. The number of likely N-dealkylation sites (N-methyl/N-ethyl adjacent to an activating group) is 1. The first-order valence-electron chi connectivity index (χ1n) is 7.53. The third-order valence-electron chi connectivity index (χ3n) is 3.51. The van der Waals surface area contributed by atoms with Crippen molar-refractivity contribution in [2.24, 2.45) is 0 Å². The molecule has 0 fully saturated rings. The average Bonchev–Trinajstić information content (AvgIpc) is 2.96. The van der Waals surface area contributed by atoms with Crippen LogP contribution in [0.2, 0.25) is 0 Å². The Balaban J connectivity index is 2.24. The molecule has 5 heteroatoms. The van der Waals surface area contributed by atoms with Crippen molar-refractivity contribution in [1.82, 2.24) is 20.3 Å². The molecule has 0 spiro atoms. The summed E-state index contributed by atoms with van der Waals surface area (Å²) in [6.07, 6.45) is 3.76. The molecule has 0 amide bonds. The zero-order chi connectivity index (χ0) is 15.1. The number of hydrogen-bond donors (Lipinski definition) is 1. The van der Waals surface area contributed by atoms with E-state index in [1.165, 1.54) is 5.56 Å². The fraction of sp³-hybridized carbons (Fsp3) is 0.500. The lowest BCUT2D eigenvalue weighted by Crippen LogP contribution is -2.26. The molecule has 1 heterocycles. The van der Waals surface area contributed by atoms with Gasteiger partial charge in [0.2, 0.25) is 0 Å². The van der Waals surface area contributed by atoms with Crippen molar-refractivity contribution in [2.75, 3.05) is 13.7 Å². The lowest BCUT2D eigenvalue weighted by molar-refractivity contribution is 0.403. The molecule has 2 rings (SSSR count). The summed E-state index contributed by atoms with van der Waals surface area (Å²) in [7, 11) is 1.71. The molecule has 0 radical (unpaired) electrons. The maximum atomic E-state index is 5.45. The molecule has 0 aliphatic carbocycles. The van der Waals surface area contributed by atoms with Crippen LogP contribution in [0.25, 0.3) is 0 Å². The van der Waals surface area contributed by atoms with Gasteiger partial charge < -0.3 is 10.1 Å². The van der Waals surface area contributed by atoms with Crippen molar-refractivity contribution in [3.05, 3.63) is 41.7 Å². The number of aryl methyl sites for hydroxylation is 1. The van der Waals surface area contributed by atoms with Crippen molar-refractivity contribution < 1.29 is 4.74 Å². The predicted molar refractivity (Wildman–Crippen MR) is 83.4 cm³/mol. The first kappa shape index (κ1) is 15.5.